The average Bonchev–Trinajstić information content (AvgIpc) is 2.29. The summed E-state index contributed by atoms with van der Waals surface area (Å²) in [5.41, 5.74) is 1.37. The fourth-order valence-corrected chi connectivity index (χ4v) is 1.37. The van der Waals surface area contributed by atoms with Crippen LogP contribution in [0.2, 0.25) is 0 Å². The third-order valence-corrected chi connectivity index (χ3v) is 2.26. The summed E-state index contributed by atoms with van der Waals surface area (Å²) in [7, 11) is 0. The molecule has 0 spiro atoms. The molecule has 0 radical (unpaired) electrons. The lowest BCUT2D eigenvalue weighted by atomic mass is 9.97. The molecule has 0 aliphatic carbocycles. The first-order valence-corrected chi connectivity index (χ1v) is 6.39. The van der Waals surface area contributed by atoms with Crippen LogP contribution in [-0.2, 0) is 4.79 Å². The van der Waals surface area contributed by atoms with Crippen LogP contribution in [0, 0.1) is 5.41 Å². The van der Waals surface area contributed by atoms with Crippen LogP contribution in [0.15, 0.2) is 36.5 Å². The topological polar surface area (TPSA) is 70.2 Å². The van der Waals surface area contributed by atoms with E-state index in [1.165, 1.54) is 6.92 Å². The molecular formula is C15H21N3O2. The van der Waals surface area contributed by atoms with E-state index in [9.17, 15) is 9.59 Å². The zero-order valence-corrected chi connectivity index (χ0v) is 12.3. The largest absolute Gasteiger partial charge is 0.326 e. The van der Waals surface area contributed by atoms with Crippen LogP contribution in [0.1, 0.15) is 27.7 Å². The number of hydrogen-bond acceptors (Lipinski definition) is 2. The number of hydrogen-bond donors (Lipinski definition) is 3. The van der Waals surface area contributed by atoms with Gasteiger partial charge >= 0.3 is 6.03 Å². The first kappa shape index (κ1) is 15.8. The molecular weight excluding hydrogens is 254 g/mol. The minimum atomic E-state index is -0.308. The molecule has 0 aromatic heterocycles. The van der Waals surface area contributed by atoms with E-state index in [1.807, 2.05) is 26.8 Å². The van der Waals surface area contributed by atoms with Crippen LogP contribution < -0.4 is 16.0 Å². The van der Waals surface area contributed by atoms with Gasteiger partial charge in [-0.1, -0.05) is 26.8 Å². The normalized spacial score (nSPS) is 11.2. The second kappa shape index (κ2) is 6.75. The van der Waals surface area contributed by atoms with E-state index in [0.717, 1.165) is 0 Å². The number of anilines is 2. The molecule has 108 valence electrons. The van der Waals surface area contributed by atoms with Gasteiger partial charge in [-0.05, 0) is 29.7 Å². The van der Waals surface area contributed by atoms with Crippen molar-refractivity contribution < 1.29 is 9.59 Å². The van der Waals surface area contributed by atoms with Crippen molar-refractivity contribution in [2.45, 2.75) is 27.7 Å². The maximum absolute atomic E-state index is 11.6. The van der Waals surface area contributed by atoms with E-state index in [2.05, 4.69) is 16.0 Å². The van der Waals surface area contributed by atoms with Gasteiger partial charge in [0, 0.05) is 24.5 Å². The Bertz CT molecular complexity index is 499. The van der Waals surface area contributed by atoms with E-state index in [1.54, 1.807) is 30.5 Å². The summed E-state index contributed by atoms with van der Waals surface area (Å²) in [5, 5.41) is 7.99. The molecule has 3 N–H and O–H groups in total. The van der Waals surface area contributed by atoms with Gasteiger partial charge in [-0.15, -0.1) is 0 Å². The van der Waals surface area contributed by atoms with Gasteiger partial charge in [0.15, 0.2) is 0 Å². The molecule has 20 heavy (non-hydrogen) atoms. The second-order valence-corrected chi connectivity index (χ2v) is 5.56. The molecule has 0 heterocycles. The highest BCUT2D eigenvalue weighted by Crippen LogP contribution is 2.14. The highest BCUT2D eigenvalue weighted by atomic mass is 16.2. The van der Waals surface area contributed by atoms with Crippen LogP contribution >= 0.6 is 0 Å². The molecule has 0 saturated heterocycles. The number of nitrogens with one attached hydrogen (secondary N) is 3. The Morgan fingerprint density at radius 2 is 1.50 bits per heavy atom. The van der Waals surface area contributed by atoms with Crippen molar-refractivity contribution in [3.63, 3.8) is 0 Å². The van der Waals surface area contributed by atoms with E-state index in [4.69, 9.17) is 0 Å². The Balaban J connectivity index is 2.50. The quantitative estimate of drug-likeness (QED) is 0.792. The van der Waals surface area contributed by atoms with Gasteiger partial charge in [-0.25, -0.2) is 4.79 Å². The van der Waals surface area contributed by atoms with Gasteiger partial charge in [0.2, 0.25) is 5.91 Å². The Kier molecular flexibility index (Phi) is 5.32. The summed E-state index contributed by atoms with van der Waals surface area (Å²) >= 11 is 0. The minimum absolute atomic E-state index is 0.0211. The molecule has 0 atom stereocenters. The van der Waals surface area contributed by atoms with Crippen molar-refractivity contribution in [3.05, 3.63) is 36.5 Å². The minimum Gasteiger partial charge on any atom is -0.326 e. The molecule has 5 heteroatoms. The SMILES string of the molecule is CC(=O)Nc1ccc(NC(=O)N/C=C/C(C)(C)C)cc1. The van der Waals surface area contributed by atoms with Gasteiger partial charge in [0.25, 0.3) is 0 Å². The smallest absolute Gasteiger partial charge is 0.323 e. The summed E-state index contributed by atoms with van der Waals surface area (Å²) < 4.78 is 0. The molecule has 0 aliphatic heterocycles. The van der Waals surface area contributed by atoms with Crippen molar-refractivity contribution in [3.8, 4) is 0 Å². The standard InChI is InChI=1S/C15H21N3O2/c1-11(19)17-12-5-7-13(8-6-12)18-14(20)16-10-9-15(2,3)4/h5-10H,1-4H3,(H,17,19)(H2,16,18,20)/b10-9+. The lowest BCUT2D eigenvalue weighted by molar-refractivity contribution is -0.114. The highest BCUT2D eigenvalue weighted by molar-refractivity contribution is 5.91. The summed E-state index contributed by atoms with van der Waals surface area (Å²) in [6, 6.07) is 6.58. The van der Waals surface area contributed by atoms with Gasteiger partial charge in [0.1, 0.15) is 0 Å². The van der Waals surface area contributed by atoms with E-state index < -0.39 is 0 Å². The molecule has 1 aromatic carbocycles. The summed E-state index contributed by atoms with van der Waals surface area (Å²) in [5.74, 6) is -0.129. The van der Waals surface area contributed by atoms with Gasteiger partial charge in [-0.3, -0.25) is 4.79 Å². The fraction of sp³-hybridized carbons (Fsp3) is 0.333. The lowest BCUT2D eigenvalue weighted by Gasteiger charge is -2.11. The van der Waals surface area contributed by atoms with Gasteiger partial charge in [-0.2, -0.15) is 0 Å². The van der Waals surface area contributed by atoms with Gasteiger partial charge < -0.3 is 16.0 Å². The fourth-order valence-electron chi connectivity index (χ4n) is 1.37. The van der Waals surface area contributed by atoms with Crippen molar-refractivity contribution in [1.29, 1.82) is 0 Å². The molecule has 0 saturated carbocycles. The molecule has 1 aromatic rings. The Labute approximate surface area is 119 Å². The van der Waals surface area contributed by atoms with E-state index in [0.29, 0.717) is 11.4 Å². The number of urea groups is 1. The monoisotopic (exact) mass is 275 g/mol. The predicted molar refractivity (Wildman–Crippen MR) is 81.5 cm³/mol. The van der Waals surface area contributed by atoms with Crippen LogP contribution in [0.25, 0.3) is 0 Å². The maximum Gasteiger partial charge on any atom is 0.323 e. The number of rotatable bonds is 3. The predicted octanol–water partition coefficient (Wildman–Crippen LogP) is 3.33. The van der Waals surface area contributed by atoms with Crippen LogP contribution in [0.3, 0.4) is 0 Å². The van der Waals surface area contributed by atoms with Crippen LogP contribution in [-0.4, -0.2) is 11.9 Å². The zero-order valence-electron chi connectivity index (χ0n) is 12.3. The molecule has 0 fully saturated rings. The second-order valence-electron chi connectivity index (χ2n) is 5.56. The Morgan fingerprint density at radius 3 is 1.95 bits per heavy atom. The number of amides is 3. The highest BCUT2D eigenvalue weighted by Gasteiger charge is 2.04. The van der Waals surface area contributed by atoms with Crippen molar-refractivity contribution in [2.24, 2.45) is 5.41 Å². The third-order valence-electron chi connectivity index (χ3n) is 2.26. The first-order chi connectivity index (χ1) is 9.26. The summed E-state index contributed by atoms with van der Waals surface area (Å²) in [6.45, 7) is 7.58. The molecule has 5 nitrogen and oxygen atoms in total. The van der Waals surface area contributed by atoms with E-state index in [-0.39, 0.29) is 17.4 Å². The number of carbonyl (C=O) groups is 2. The average molecular weight is 275 g/mol. The molecule has 0 unspecified atom stereocenters. The zero-order chi connectivity index (χ0) is 15.2. The molecule has 0 bridgehead atoms. The molecule has 1 rings (SSSR count). The van der Waals surface area contributed by atoms with Crippen molar-refractivity contribution in [2.75, 3.05) is 10.6 Å². The maximum atomic E-state index is 11.6. The van der Waals surface area contributed by atoms with Crippen LogP contribution in [0.4, 0.5) is 16.2 Å². The number of carbonyl (C=O) groups excluding carboxylic acids is 2. The number of allylic oxidation sites excluding steroid dienone is 1. The van der Waals surface area contributed by atoms with E-state index >= 15 is 0 Å². The molecule has 0 aliphatic rings. The molecule has 3 amide bonds. The van der Waals surface area contributed by atoms with Crippen molar-refractivity contribution in [1.82, 2.24) is 5.32 Å². The lowest BCUT2D eigenvalue weighted by Crippen LogP contribution is -2.24. The summed E-state index contributed by atoms with van der Waals surface area (Å²) in [4.78, 5) is 22.5. The van der Waals surface area contributed by atoms with Gasteiger partial charge in [0.05, 0.1) is 0 Å². The number of benzene rings is 1. The van der Waals surface area contributed by atoms with Crippen molar-refractivity contribution >= 4 is 23.3 Å². The van der Waals surface area contributed by atoms with Crippen LogP contribution in [0.5, 0.6) is 0 Å². The Hall–Kier alpha value is -2.30. The first-order valence-electron chi connectivity index (χ1n) is 6.39. The Morgan fingerprint density at radius 1 is 1.00 bits per heavy atom. The summed E-state index contributed by atoms with van der Waals surface area (Å²) in [6.07, 6.45) is 3.54. The third kappa shape index (κ3) is 6.58.